The van der Waals surface area contributed by atoms with E-state index in [1.807, 2.05) is 24.0 Å². The molecule has 3 aromatic heterocycles. The first-order chi connectivity index (χ1) is 13.2. The first-order valence-corrected chi connectivity index (χ1v) is 9.74. The normalized spacial score (nSPS) is 16.8. The number of hydrogen-bond donors (Lipinski definition) is 1. The van der Waals surface area contributed by atoms with Crippen LogP contribution in [0.4, 0.5) is 0 Å². The molecule has 0 radical (unpaired) electrons. The smallest absolute Gasteiger partial charge is 0.276 e. The van der Waals surface area contributed by atoms with Gasteiger partial charge in [0.05, 0.1) is 6.04 Å². The highest BCUT2D eigenvalue weighted by Crippen LogP contribution is 2.31. The van der Waals surface area contributed by atoms with Crippen molar-refractivity contribution < 1.29 is 9.21 Å². The minimum atomic E-state index is -0.0332. The quantitative estimate of drug-likeness (QED) is 0.644. The second kappa shape index (κ2) is 7.87. The second-order valence-corrected chi connectivity index (χ2v) is 7.28. The van der Waals surface area contributed by atoms with Crippen LogP contribution < -0.4 is 0 Å². The summed E-state index contributed by atoms with van der Waals surface area (Å²) in [6, 6.07) is 3.59. The summed E-state index contributed by atoms with van der Waals surface area (Å²) in [5.41, 5.74) is 0.821. The molecule has 0 spiro atoms. The van der Waals surface area contributed by atoms with Gasteiger partial charge in [-0.15, -0.1) is 10.2 Å². The molecule has 1 aliphatic heterocycles. The molecule has 0 aromatic carbocycles. The molecule has 1 aliphatic rings. The van der Waals surface area contributed by atoms with Crippen LogP contribution in [0.3, 0.4) is 0 Å². The molecule has 1 atom stereocenters. The van der Waals surface area contributed by atoms with Crippen molar-refractivity contribution in [3.8, 4) is 11.5 Å². The highest BCUT2D eigenvalue weighted by molar-refractivity contribution is 7.99. The molecule has 1 N–H and O–H groups in total. The number of aromatic nitrogens is 6. The van der Waals surface area contributed by atoms with E-state index in [4.69, 9.17) is 4.42 Å². The van der Waals surface area contributed by atoms with E-state index in [1.54, 1.807) is 12.4 Å². The zero-order valence-electron chi connectivity index (χ0n) is 14.8. The minimum absolute atomic E-state index is 0.0332. The third kappa shape index (κ3) is 4.00. The third-order valence-corrected chi connectivity index (χ3v) is 5.18. The summed E-state index contributed by atoms with van der Waals surface area (Å²) in [5.74, 6) is 2.59. The van der Waals surface area contributed by atoms with Crippen molar-refractivity contribution in [1.82, 2.24) is 35.3 Å². The average Bonchev–Trinajstić information content (AvgIpc) is 3.42. The van der Waals surface area contributed by atoms with Crippen LogP contribution in [0.25, 0.3) is 11.5 Å². The van der Waals surface area contributed by atoms with Crippen molar-refractivity contribution >= 4 is 17.7 Å². The van der Waals surface area contributed by atoms with Gasteiger partial charge in [-0.2, -0.15) is 5.10 Å². The van der Waals surface area contributed by atoms with Crippen LogP contribution in [0.15, 0.2) is 34.2 Å². The minimum Gasteiger partial charge on any atom is -0.411 e. The number of nitrogens with one attached hydrogen (secondary N) is 1. The van der Waals surface area contributed by atoms with Gasteiger partial charge in [-0.3, -0.25) is 14.9 Å². The van der Waals surface area contributed by atoms with Gasteiger partial charge in [0.15, 0.2) is 5.82 Å². The van der Waals surface area contributed by atoms with Crippen LogP contribution in [-0.4, -0.2) is 53.5 Å². The van der Waals surface area contributed by atoms with E-state index in [-0.39, 0.29) is 11.9 Å². The predicted molar refractivity (Wildman–Crippen MR) is 97.7 cm³/mol. The zero-order valence-corrected chi connectivity index (χ0v) is 15.6. The Bertz CT molecular complexity index is 911. The van der Waals surface area contributed by atoms with Crippen molar-refractivity contribution in [3.63, 3.8) is 0 Å². The molecule has 10 heteroatoms. The first kappa shape index (κ1) is 17.7. The number of aromatic amines is 1. The number of thioether (sulfide) groups is 1. The van der Waals surface area contributed by atoms with Crippen molar-refractivity contribution in [3.05, 3.63) is 36.2 Å². The lowest BCUT2D eigenvalue weighted by molar-refractivity contribution is -0.131. The van der Waals surface area contributed by atoms with Crippen molar-refractivity contribution in [1.29, 1.82) is 0 Å². The average molecular weight is 385 g/mol. The largest absolute Gasteiger partial charge is 0.411 e. The number of rotatable bonds is 6. The summed E-state index contributed by atoms with van der Waals surface area (Å²) in [6.07, 6.45) is 5.61. The van der Waals surface area contributed by atoms with E-state index in [2.05, 4.69) is 30.4 Å². The molecule has 1 fully saturated rings. The lowest BCUT2D eigenvalue weighted by Gasteiger charge is -2.22. The van der Waals surface area contributed by atoms with Gasteiger partial charge in [-0.25, -0.2) is 4.98 Å². The Labute approximate surface area is 160 Å². The highest BCUT2D eigenvalue weighted by Gasteiger charge is 2.32. The molecule has 0 bridgehead atoms. The Balaban J connectivity index is 1.31. The van der Waals surface area contributed by atoms with Gasteiger partial charge in [0.25, 0.3) is 5.22 Å². The maximum Gasteiger partial charge on any atom is 0.276 e. The van der Waals surface area contributed by atoms with Gasteiger partial charge in [0.1, 0.15) is 5.82 Å². The van der Waals surface area contributed by atoms with E-state index in [9.17, 15) is 4.79 Å². The number of pyridine rings is 1. The Morgan fingerprint density at radius 2 is 2.22 bits per heavy atom. The Kier molecular flexibility index (Phi) is 5.14. The molecule has 140 valence electrons. The van der Waals surface area contributed by atoms with E-state index >= 15 is 0 Å². The molecule has 27 heavy (non-hydrogen) atoms. The molecule has 9 nitrogen and oxygen atoms in total. The molecular formula is C17H19N7O2S. The summed E-state index contributed by atoms with van der Waals surface area (Å²) in [6.45, 7) is 2.60. The number of likely N-dealkylation sites (tertiary alicyclic amines) is 1. The number of amides is 1. The summed E-state index contributed by atoms with van der Waals surface area (Å²) in [7, 11) is 0. The van der Waals surface area contributed by atoms with Gasteiger partial charge >= 0.3 is 0 Å². The first-order valence-electron chi connectivity index (χ1n) is 8.76. The van der Waals surface area contributed by atoms with Crippen LogP contribution in [0.5, 0.6) is 0 Å². The molecule has 0 unspecified atom stereocenters. The van der Waals surface area contributed by atoms with Gasteiger partial charge in [0, 0.05) is 36.7 Å². The SMILES string of the molecule is Cc1nc([C@@H]2CCCN2C(=O)CCSc2nnc(-c3ccncc3)o2)n[nH]1. The summed E-state index contributed by atoms with van der Waals surface area (Å²) in [4.78, 5) is 22.8. The Hall–Kier alpha value is -2.75. The number of nitrogens with zero attached hydrogens (tertiary/aromatic N) is 6. The molecule has 0 saturated carbocycles. The molecule has 4 heterocycles. The molecule has 3 aromatic rings. The molecular weight excluding hydrogens is 366 g/mol. The van der Waals surface area contributed by atoms with Gasteiger partial charge < -0.3 is 9.32 Å². The monoisotopic (exact) mass is 385 g/mol. The summed E-state index contributed by atoms with van der Waals surface area (Å²) >= 11 is 1.38. The van der Waals surface area contributed by atoms with Crippen LogP contribution in [0.1, 0.15) is 37.0 Å². The van der Waals surface area contributed by atoms with Crippen LogP contribution in [0, 0.1) is 6.92 Å². The fourth-order valence-electron chi connectivity index (χ4n) is 3.09. The summed E-state index contributed by atoms with van der Waals surface area (Å²) in [5, 5.41) is 15.6. The zero-order chi connectivity index (χ0) is 18.6. The Morgan fingerprint density at radius 1 is 1.37 bits per heavy atom. The number of carbonyl (C=O) groups excluding carboxylic acids is 1. The maximum atomic E-state index is 12.6. The third-order valence-electron chi connectivity index (χ3n) is 4.36. The lowest BCUT2D eigenvalue weighted by atomic mass is 10.2. The fourth-order valence-corrected chi connectivity index (χ4v) is 3.78. The summed E-state index contributed by atoms with van der Waals surface area (Å²) < 4.78 is 5.63. The van der Waals surface area contributed by atoms with E-state index < -0.39 is 0 Å². The maximum absolute atomic E-state index is 12.6. The van der Waals surface area contributed by atoms with E-state index in [1.165, 1.54) is 11.8 Å². The van der Waals surface area contributed by atoms with Crippen molar-refractivity contribution in [2.45, 2.75) is 37.5 Å². The molecule has 1 saturated heterocycles. The lowest BCUT2D eigenvalue weighted by Crippen LogP contribution is -2.31. The van der Waals surface area contributed by atoms with Gasteiger partial charge in [0.2, 0.25) is 11.8 Å². The Morgan fingerprint density at radius 3 is 3.00 bits per heavy atom. The highest BCUT2D eigenvalue weighted by atomic mass is 32.2. The van der Waals surface area contributed by atoms with Crippen LogP contribution in [0.2, 0.25) is 0 Å². The second-order valence-electron chi connectivity index (χ2n) is 6.23. The number of carbonyl (C=O) groups is 1. The van der Waals surface area contributed by atoms with E-state index in [0.717, 1.165) is 30.8 Å². The topological polar surface area (TPSA) is 114 Å². The fraction of sp³-hybridized carbons (Fsp3) is 0.412. The molecule has 0 aliphatic carbocycles. The van der Waals surface area contributed by atoms with Crippen molar-refractivity contribution in [2.75, 3.05) is 12.3 Å². The van der Waals surface area contributed by atoms with E-state index in [0.29, 0.717) is 29.1 Å². The van der Waals surface area contributed by atoms with Gasteiger partial charge in [-0.05, 0) is 31.9 Å². The number of hydrogen-bond acceptors (Lipinski definition) is 8. The number of H-pyrrole nitrogens is 1. The molecule has 4 rings (SSSR count). The van der Waals surface area contributed by atoms with Gasteiger partial charge in [-0.1, -0.05) is 11.8 Å². The van der Waals surface area contributed by atoms with Crippen molar-refractivity contribution in [2.24, 2.45) is 0 Å². The molecule has 1 amide bonds. The van der Waals surface area contributed by atoms with Crippen LogP contribution >= 0.6 is 11.8 Å². The van der Waals surface area contributed by atoms with Crippen LogP contribution in [-0.2, 0) is 4.79 Å². The predicted octanol–water partition coefficient (Wildman–Crippen LogP) is 2.40. The standard InChI is InChI=1S/C17H19N7O2S/c1-11-19-15(21-20-11)13-3-2-9-24(13)14(25)6-10-27-17-23-22-16(26-17)12-4-7-18-8-5-12/h4-5,7-8,13H,2-3,6,9-10H2,1H3,(H,19,20,21)/t13-/m0/s1. The number of aryl methyl sites for hydroxylation is 1.